The third-order valence-electron chi connectivity index (χ3n) is 2.38. The fourth-order valence-electron chi connectivity index (χ4n) is 1.40. The van der Waals surface area contributed by atoms with Crippen molar-refractivity contribution in [3.63, 3.8) is 0 Å². The molecular formula is C12H15NO5. The molecule has 3 N–H and O–H groups in total. The Bertz CT molecular complexity index is 458. The van der Waals surface area contributed by atoms with Gasteiger partial charge in [0.1, 0.15) is 17.1 Å². The van der Waals surface area contributed by atoms with Crippen molar-refractivity contribution in [2.75, 3.05) is 7.11 Å². The molecule has 1 rings (SSSR count). The highest BCUT2D eigenvalue weighted by Crippen LogP contribution is 2.26. The highest BCUT2D eigenvalue weighted by Gasteiger charge is 2.19. The van der Waals surface area contributed by atoms with E-state index < -0.39 is 18.0 Å². The summed E-state index contributed by atoms with van der Waals surface area (Å²) in [5.74, 6) is -1.29. The number of methoxy groups -OCH3 is 1. The molecule has 0 aliphatic carbocycles. The van der Waals surface area contributed by atoms with Crippen LogP contribution in [0, 0.1) is 0 Å². The first kappa shape index (κ1) is 13.8. The number of aromatic carboxylic acids is 1. The van der Waals surface area contributed by atoms with Gasteiger partial charge < -0.3 is 20.3 Å². The second-order valence-electron chi connectivity index (χ2n) is 3.58. The quantitative estimate of drug-likeness (QED) is 0.789. The van der Waals surface area contributed by atoms with E-state index in [1.54, 1.807) is 6.92 Å². The topological polar surface area (TPSA) is 98.8 Å². The molecule has 0 radical (unpaired) electrons. The average molecular weight is 253 g/mol. The number of rotatable bonds is 6. The van der Waals surface area contributed by atoms with Crippen LogP contribution >= 0.6 is 0 Å². The van der Waals surface area contributed by atoms with Crippen molar-refractivity contribution in [1.29, 1.82) is 0 Å². The zero-order valence-corrected chi connectivity index (χ0v) is 10.2. The summed E-state index contributed by atoms with van der Waals surface area (Å²) < 4.78 is 10.3. The van der Waals surface area contributed by atoms with Crippen molar-refractivity contribution in [2.24, 2.45) is 5.73 Å². The van der Waals surface area contributed by atoms with Gasteiger partial charge in [-0.15, -0.1) is 0 Å². The van der Waals surface area contributed by atoms with Gasteiger partial charge in [-0.3, -0.25) is 4.79 Å². The summed E-state index contributed by atoms with van der Waals surface area (Å²) >= 11 is 0. The Morgan fingerprint density at radius 1 is 1.44 bits per heavy atom. The van der Waals surface area contributed by atoms with Crippen LogP contribution in [-0.2, 0) is 4.79 Å². The molecule has 98 valence electrons. The molecule has 0 aromatic heterocycles. The normalized spacial score (nSPS) is 11.7. The molecule has 18 heavy (non-hydrogen) atoms. The number of carboxylic acids is 1. The summed E-state index contributed by atoms with van der Waals surface area (Å²) in [6.45, 7) is 1.72. The predicted molar refractivity (Wildman–Crippen MR) is 63.9 cm³/mol. The fraction of sp³-hybridized carbons (Fsp3) is 0.333. The number of ether oxygens (including phenoxy) is 2. The standard InChI is InChI=1S/C12H15NO5/c1-3-9(11(13)14)18-10-6-7(17-2)4-5-8(10)12(15)16/h4-6,9H,3H2,1-2H3,(H2,13,14)(H,15,16). The minimum absolute atomic E-state index is 0.0458. The number of benzene rings is 1. The van der Waals surface area contributed by atoms with Crippen LogP contribution in [0.1, 0.15) is 23.7 Å². The summed E-state index contributed by atoms with van der Waals surface area (Å²) in [5.41, 5.74) is 5.10. The maximum Gasteiger partial charge on any atom is 0.339 e. The molecule has 1 aromatic rings. The number of primary amides is 1. The molecular weight excluding hydrogens is 238 g/mol. The number of carbonyl (C=O) groups is 2. The smallest absolute Gasteiger partial charge is 0.339 e. The number of carbonyl (C=O) groups excluding carboxylic acids is 1. The number of hydrogen-bond donors (Lipinski definition) is 2. The Balaban J connectivity index is 3.11. The molecule has 1 amide bonds. The van der Waals surface area contributed by atoms with Gasteiger partial charge in [-0.05, 0) is 18.6 Å². The first-order valence-corrected chi connectivity index (χ1v) is 5.36. The van der Waals surface area contributed by atoms with Crippen molar-refractivity contribution in [3.8, 4) is 11.5 Å². The lowest BCUT2D eigenvalue weighted by Crippen LogP contribution is -2.33. The van der Waals surface area contributed by atoms with Crippen molar-refractivity contribution >= 4 is 11.9 Å². The molecule has 0 bridgehead atoms. The third-order valence-corrected chi connectivity index (χ3v) is 2.38. The van der Waals surface area contributed by atoms with Gasteiger partial charge in [-0.2, -0.15) is 0 Å². The Kier molecular flexibility index (Phi) is 4.53. The molecule has 6 heteroatoms. The molecule has 1 atom stereocenters. The van der Waals surface area contributed by atoms with Gasteiger partial charge in [0.05, 0.1) is 7.11 Å². The Morgan fingerprint density at radius 2 is 2.11 bits per heavy atom. The highest BCUT2D eigenvalue weighted by molar-refractivity contribution is 5.91. The molecule has 1 aromatic carbocycles. The summed E-state index contributed by atoms with van der Waals surface area (Å²) in [6.07, 6.45) is -0.513. The van der Waals surface area contributed by atoms with E-state index in [4.69, 9.17) is 20.3 Å². The van der Waals surface area contributed by atoms with Crippen LogP contribution in [0.2, 0.25) is 0 Å². The number of nitrogens with two attached hydrogens (primary N) is 1. The van der Waals surface area contributed by atoms with Crippen LogP contribution in [-0.4, -0.2) is 30.2 Å². The van der Waals surface area contributed by atoms with E-state index >= 15 is 0 Å². The fourth-order valence-corrected chi connectivity index (χ4v) is 1.40. The molecule has 0 spiro atoms. The Labute approximate surface area is 104 Å². The van der Waals surface area contributed by atoms with Gasteiger partial charge in [0.15, 0.2) is 6.10 Å². The average Bonchev–Trinajstić information content (AvgIpc) is 2.34. The summed E-state index contributed by atoms with van der Waals surface area (Å²) in [7, 11) is 1.45. The maximum atomic E-state index is 11.1. The van der Waals surface area contributed by atoms with Gasteiger partial charge in [-0.25, -0.2) is 4.79 Å². The van der Waals surface area contributed by atoms with Gasteiger partial charge in [-0.1, -0.05) is 6.92 Å². The summed E-state index contributed by atoms with van der Waals surface area (Å²) in [6, 6.07) is 4.26. The Morgan fingerprint density at radius 3 is 2.56 bits per heavy atom. The molecule has 0 heterocycles. The van der Waals surface area contributed by atoms with Crippen molar-refractivity contribution < 1.29 is 24.2 Å². The predicted octanol–water partition coefficient (Wildman–Crippen LogP) is 1.04. The zero-order chi connectivity index (χ0) is 13.7. The van der Waals surface area contributed by atoms with Crippen LogP contribution in [0.4, 0.5) is 0 Å². The van der Waals surface area contributed by atoms with Crippen LogP contribution in [0.15, 0.2) is 18.2 Å². The van der Waals surface area contributed by atoms with E-state index in [-0.39, 0.29) is 11.3 Å². The highest BCUT2D eigenvalue weighted by atomic mass is 16.5. The molecule has 0 aliphatic rings. The maximum absolute atomic E-state index is 11.1. The first-order valence-electron chi connectivity index (χ1n) is 5.36. The summed E-state index contributed by atoms with van der Waals surface area (Å²) in [5, 5.41) is 9.02. The minimum Gasteiger partial charge on any atom is -0.497 e. The van der Waals surface area contributed by atoms with Crippen molar-refractivity contribution in [1.82, 2.24) is 0 Å². The second-order valence-corrected chi connectivity index (χ2v) is 3.58. The van der Waals surface area contributed by atoms with Crippen molar-refractivity contribution in [3.05, 3.63) is 23.8 Å². The molecule has 0 fully saturated rings. The number of hydrogen-bond acceptors (Lipinski definition) is 4. The van der Waals surface area contributed by atoms with E-state index in [1.807, 2.05) is 0 Å². The van der Waals surface area contributed by atoms with E-state index in [0.29, 0.717) is 12.2 Å². The van der Waals surface area contributed by atoms with Gasteiger partial charge in [0.25, 0.3) is 5.91 Å². The van der Waals surface area contributed by atoms with E-state index in [9.17, 15) is 9.59 Å². The van der Waals surface area contributed by atoms with Gasteiger partial charge in [0.2, 0.25) is 0 Å². The van der Waals surface area contributed by atoms with Gasteiger partial charge in [0, 0.05) is 6.07 Å². The SMILES string of the molecule is CCC(Oc1cc(OC)ccc1C(=O)O)C(N)=O. The lowest BCUT2D eigenvalue weighted by atomic mass is 10.2. The number of amides is 1. The van der Waals surface area contributed by atoms with E-state index in [1.165, 1.54) is 25.3 Å². The third kappa shape index (κ3) is 3.13. The zero-order valence-electron chi connectivity index (χ0n) is 10.2. The van der Waals surface area contributed by atoms with Crippen LogP contribution in [0.5, 0.6) is 11.5 Å². The lowest BCUT2D eigenvalue weighted by molar-refractivity contribution is -0.124. The van der Waals surface area contributed by atoms with Crippen molar-refractivity contribution in [2.45, 2.75) is 19.4 Å². The molecule has 0 aliphatic heterocycles. The number of carboxylic acid groups (broad SMARTS) is 1. The largest absolute Gasteiger partial charge is 0.497 e. The Hall–Kier alpha value is -2.24. The monoisotopic (exact) mass is 253 g/mol. The van der Waals surface area contributed by atoms with E-state index in [2.05, 4.69) is 0 Å². The molecule has 0 saturated heterocycles. The summed E-state index contributed by atoms with van der Waals surface area (Å²) in [4.78, 5) is 22.1. The molecule has 6 nitrogen and oxygen atoms in total. The van der Waals surface area contributed by atoms with Crippen LogP contribution < -0.4 is 15.2 Å². The minimum atomic E-state index is -1.15. The molecule has 1 unspecified atom stereocenters. The lowest BCUT2D eigenvalue weighted by Gasteiger charge is -2.16. The van der Waals surface area contributed by atoms with Crippen LogP contribution in [0.25, 0.3) is 0 Å². The first-order chi connectivity index (χ1) is 8.49. The van der Waals surface area contributed by atoms with Crippen LogP contribution in [0.3, 0.4) is 0 Å². The molecule has 0 saturated carbocycles. The van der Waals surface area contributed by atoms with Gasteiger partial charge >= 0.3 is 5.97 Å². The van der Waals surface area contributed by atoms with E-state index in [0.717, 1.165) is 0 Å². The second kappa shape index (κ2) is 5.90.